The molecule has 0 saturated carbocycles. The maximum Gasteiger partial charge on any atom is 0.416 e. The van der Waals surface area contributed by atoms with Crippen LogP contribution in [-0.2, 0) is 12.7 Å². The molecule has 0 heterocycles. The zero-order valence-electron chi connectivity index (χ0n) is 9.34. The van der Waals surface area contributed by atoms with Crippen LogP contribution in [0.5, 0.6) is 0 Å². The highest BCUT2D eigenvalue weighted by Gasteiger charge is 2.33. The smallest absolute Gasteiger partial charge is 0.394 e. The van der Waals surface area contributed by atoms with Crippen molar-refractivity contribution in [2.75, 3.05) is 13.2 Å². The molecule has 0 fully saturated rings. The van der Waals surface area contributed by atoms with Gasteiger partial charge in [0.15, 0.2) is 0 Å². The van der Waals surface area contributed by atoms with Crippen LogP contribution in [0.2, 0.25) is 0 Å². The van der Waals surface area contributed by atoms with E-state index in [1.165, 1.54) is 0 Å². The number of halogens is 4. The Hall–Kier alpha value is -1.18. The predicted molar refractivity (Wildman–Crippen MR) is 56.2 cm³/mol. The highest BCUT2D eigenvalue weighted by atomic mass is 19.4. The highest BCUT2D eigenvalue weighted by molar-refractivity contribution is 5.30. The van der Waals surface area contributed by atoms with Crippen LogP contribution in [0.1, 0.15) is 11.1 Å². The number of alkyl halides is 3. The lowest BCUT2D eigenvalue weighted by atomic mass is 10.1. The monoisotopic (exact) mass is 267 g/mol. The molecule has 3 N–H and O–H groups in total. The molecule has 1 rings (SSSR count). The van der Waals surface area contributed by atoms with Crippen molar-refractivity contribution in [2.24, 2.45) is 0 Å². The zero-order chi connectivity index (χ0) is 13.8. The van der Waals surface area contributed by atoms with Gasteiger partial charge in [0.2, 0.25) is 0 Å². The van der Waals surface area contributed by atoms with Crippen molar-refractivity contribution >= 4 is 0 Å². The Balaban J connectivity index is 2.76. The zero-order valence-corrected chi connectivity index (χ0v) is 9.34. The second-order valence-corrected chi connectivity index (χ2v) is 3.77. The summed E-state index contributed by atoms with van der Waals surface area (Å²) in [6, 6.07) is 2.41. The standard InChI is InChI=1S/C11H13F4NO2/c12-8-2-1-7(4-16-5-9(18)6-17)10(3-8)11(13,14)15/h1-3,9,16-18H,4-6H2. The van der Waals surface area contributed by atoms with E-state index in [4.69, 9.17) is 10.2 Å². The van der Waals surface area contributed by atoms with Crippen molar-refractivity contribution in [3.63, 3.8) is 0 Å². The molecular formula is C11H13F4NO2. The van der Waals surface area contributed by atoms with E-state index in [2.05, 4.69) is 5.32 Å². The number of aliphatic hydroxyl groups is 2. The molecule has 0 aliphatic heterocycles. The van der Waals surface area contributed by atoms with Gasteiger partial charge in [-0.05, 0) is 17.7 Å². The molecular weight excluding hydrogens is 254 g/mol. The second-order valence-electron chi connectivity index (χ2n) is 3.77. The fourth-order valence-corrected chi connectivity index (χ4v) is 1.40. The van der Waals surface area contributed by atoms with Crippen LogP contribution >= 0.6 is 0 Å². The van der Waals surface area contributed by atoms with Gasteiger partial charge in [0, 0.05) is 13.1 Å². The normalized spacial score (nSPS) is 13.7. The van der Waals surface area contributed by atoms with Gasteiger partial charge in [0.1, 0.15) is 5.82 Å². The van der Waals surface area contributed by atoms with E-state index in [0.717, 1.165) is 12.1 Å². The average molecular weight is 267 g/mol. The first-order valence-corrected chi connectivity index (χ1v) is 5.20. The van der Waals surface area contributed by atoms with Crippen LogP contribution in [0.25, 0.3) is 0 Å². The summed E-state index contributed by atoms with van der Waals surface area (Å²) in [4.78, 5) is 0. The number of aliphatic hydroxyl groups excluding tert-OH is 2. The van der Waals surface area contributed by atoms with E-state index in [1.807, 2.05) is 0 Å². The summed E-state index contributed by atoms with van der Waals surface area (Å²) >= 11 is 0. The Morgan fingerprint density at radius 2 is 1.94 bits per heavy atom. The molecule has 0 radical (unpaired) electrons. The average Bonchev–Trinajstić information content (AvgIpc) is 2.29. The largest absolute Gasteiger partial charge is 0.416 e. The fraction of sp³-hybridized carbons (Fsp3) is 0.455. The van der Waals surface area contributed by atoms with Crippen molar-refractivity contribution < 1.29 is 27.8 Å². The SMILES string of the molecule is OCC(O)CNCc1ccc(F)cc1C(F)(F)F. The van der Waals surface area contributed by atoms with Crippen molar-refractivity contribution in [3.8, 4) is 0 Å². The van der Waals surface area contributed by atoms with Gasteiger partial charge >= 0.3 is 6.18 Å². The molecule has 0 aromatic heterocycles. The van der Waals surface area contributed by atoms with E-state index >= 15 is 0 Å². The number of hydrogen-bond donors (Lipinski definition) is 3. The number of nitrogens with one attached hydrogen (secondary N) is 1. The van der Waals surface area contributed by atoms with Crippen molar-refractivity contribution in [3.05, 3.63) is 35.1 Å². The Labute approximate surface area is 101 Å². The van der Waals surface area contributed by atoms with Gasteiger partial charge in [-0.25, -0.2) is 4.39 Å². The molecule has 1 unspecified atom stereocenters. The third-order valence-corrected chi connectivity index (χ3v) is 2.28. The Bertz CT molecular complexity index is 395. The molecule has 0 aliphatic rings. The Morgan fingerprint density at radius 1 is 1.28 bits per heavy atom. The highest BCUT2D eigenvalue weighted by Crippen LogP contribution is 2.32. The predicted octanol–water partition coefficient (Wildman–Crippen LogP) is 1.29. The third-order valence-electron chi connectivity index (χ3n) is 2.28. The summed E-state index contributed by atoms with van der Waals surface area (Å²) in [7, 11) is 0. The maximum atomic E-state index is 12.8. The molecule has 102 valence electrons. The van der Waals surface area contributed by atoms with Gasteiger partial charge in [-0.3, -0.25) is 0 Å². The number of rotatable bonds is 5. The quantitative estimate of drug-likeness (QED) is 0.705. The van der Waals surface area contributed by atoms with Gasteiger partial charge in [0.25, 0.3) is 0 Å². The molecule has 0 bridgehead atoms. The first kappa shape index (κ1) is 14.9. The van der Waals surface area contributed by atoms with Crippen LogP contribution in [0.3, 0.4) is 0 Å². The minimum Gasteiger partial charge on any atom is -0.394 e. The van der Waals surface area contributed by atoms with E-state index in [9.17, 15) is 17.6 Å². The van der Waals surface area contributed by atoms with Crippen LogP contribution in [-0.4, -0.2) is 29.5 Å². The molecule has 1 atom stereocenters. The molecule has 3 nitrogen and oxygen atoms in total. The summed E-state index contributed by atoms with van der Waals surface area (Å²) in [6.45, 7) is -0.708. The third kappa shape index (κ3) is 4.25. The summed E-state index contributed by atoms with van der Waals surface area (Å²) in [6.07, 6.45) is -5.67. The van der Waals surface area contributed by atoms with Crippen LogP contribution < -0.4 is 5.32 Å². The van der Waals surface area contributed by atoms with Crippen LogP contribution in [0, 0.1) is 5.82 Å². The summed E-state index contributed by atoms with van der Waals surface area (Å²) in [5.41, 5.74) is -1.16. The van der Waals surface area contributed by atoms with Gasteiger partial charge in [-0.15, -0.1) is 0 Å². The lowest BCUT2D eigenvalue weighted by Gasteiger charge is -2.14. The van der Waals surface area contributed by atoms with E-state index in [1.54, 1.807) is 0 Å². The van der Waals surface area contributed by atoms with Crippen molar-refractivity contribution in [2.45, 2.75) is 18.8 Å². The van der Waals surface area contributed by atoms with Crippen LogP contribution in [0.4, 0.5) is 17.6 Å². The lowest BCUT2D eigenvalue weighted by molar-refractivity contribution is -0.138. The first-order chi connectivity index (χ1) is 8.34. The first-order valence-electron chi connectivity index (χ1n) is 5.20. The van der Waals surface area contributed by atoms with Crippen molar-refractivity contribution in [1.82, 2.24) is 5.32 Å². The second kappa shape index (κ2) is 6.12. The van der Waals surface area contributed by atoms with E-state index < -0.39 is 30.3 Å². The van der Waals surface area contributed by atoms with Gasteiger partial charge < -0.3 is 15.5 Å². The molecule has 0 saturated heterocycles. The lowest BCUT2D eigenvalue weighted by Crippen LogP contribution is -2.29. The minimum absolute atomic E-state index is 0.0504. The number of benzene rings is 1. The molecule has 0 aliphatic carbocycles. The molecule has 0 spiro atoms. The summed E-state index contributed by atoms with van der Waals surface area (Å²) in [5.74, 6) is -0.957. The van der Waals surface area contributed by atoms with Gasteiger partial charge in [-0.2, -0.15) is 13.2 Å². The molecule has 7 heteroatoms. The van der Waals surface area contributed by atoms with Gasteiger partial charge in [-0.1, -0.05) is 6.07 Å². The van der Waals surface area contributed by atoms with E-state index in [0.29, 0.717) is 6.07 Å². The molecule has 1 aromatic rings. The van der Waals surface area contributed by atoms with E-state index in [-0.39, 0.29) is 18.7 Å². The molecule has 0 amide bonds. The van der Waals surface area contributed by atoms with Crippen molar-refractivity contribution in [1.29, 1.82) is 0 Å². The summed E-state index contributed by atoms with van der Waals surface area (Å²) in [5, 5.41) is 20.1. The Morgan fingerprint density at radius 3 is 2.50 bits per heavy atom. The summed E-state index contributed by atoms with van der Waals surface area (Å²) < 4.78 is 50.6. The topological polar surface area (TPSA) is 52.5 Å². The fourth-order valence-electron chi connectivity index (χ4n) is 1.40. The maximum absolute atomic E-state index is 12.8. The van der Waals surface area contributed by atoms with Crippen LogP contribution in [0.15, 0.2) is 18.2 Å². The minimum atomic E-state index is -4.63. The number of hydrogen-bond acceptors (Lipinski definition) is 3. The van der Waals surface area contributed by atoms with Gasteiger partial charge in [0.05, 0.1) is 18.3 Å². The molecule has 1 aromatic carbocycles. The molecule has 18 heavy (non-hydrogen) atoms. The Kier molecular flexibility index (Phi) is 5.06.